The van der Waals surface area contributed by atoms with Crippen LogP contribution in [0.25, 0.3) is 0 Å². The van der Waals surface area contributed by atoms with Crippen molar-refractivity contribution in [3.8, 4) is 11.5 Å². The minimum Gasteiger partial charge on any atom is -0.493 e. The summed E-state index contributed by atoms with van der Waals surface area (Å²) in [7, 11) is 3.74. The van der Waals surface area contributed by atoms with Gasteiger partial charge in [0.1, 0.15) is 0 Å². The first kappa shape index (κ1) is 14.9. The predicted octanol–water partition coefficient (Wildman–Crippen LogP) is 2.62. The fourth-order valence-corrected chi connectivity index (χ4v) is 2.62. The number of ether oxygens (including phenoxy) is 2. The third-order valence-electron chi connectivity index (χ3n) is 3.77. The van der Waals surface area contributed by atoms with Crippen molar-refractivity contribution in [2.45, 2.75) is 19.8 Å². The quantitative estimate of drug-likeness (QED) is 0.776. The van der Waals surface area contributed by atoms with Crippen LogP contribution < -0.4 is 9.47 Å². The summed E-state index contributed by atoms with van der Waals surface area (Å²) in [5.74, 6) is 1.93. The van der Waals surface area contributed by atoms with Gasteiger partial charge in [0, 0.05) is 18.0 Å². The summed E-state index contributed by atoms with van der Waals surface area (Å²) in [5, 5.41) is 0. The van der Waals surface area contributed by atoms with Crippen molar-refractivity contribution in [2.24, 2.45) is 5.92 Å². The first-order chi connectivity index (χ1) is 9.60. The van der Waals surface area contributed by atoms with Crippen LogP contribution in [0.1, 0.15) is 30.1 Å². The van der Waals surface area contributed by atoms with E-state index in [1.165, 1.54) is 19.4 Å². The van der Waals surface area contributed by atoms with E-state index in [1.807, 2.05) is 6.07 Å². The Balaban J connectivity index is 2.00. The molecule has 4 nitrogen and oxygen atoms in total. The molecule has 0 aliphatic carbocycles. The number of piperidine rings is 1. The normalized spacial score (nSPS) is 19.6. The molecule has 0 spiro atoms. The van der Waals surface area contributed by atoms with Crippen molar-refractivity contribution < 1.29 is 14.3 Å². The Morgan fingerprint density at radius 1 is 1.40 bits per heavy atom. The Kier molecular flexibility index (Phi) is 5.01. The van der Waals surface area contributed by atoms with Crippen LogP contribution in [-0.2, 0) is 0 Å². The van der Waals surface area contributed by atoms with Gasteiger partial charge in [-0.3, -0.25) is 4.79 Å². The van der Waals surface area contributed by atoms with E-state index < -0.39 is 0 Å². The van der Waals surface area contributed by atoms with Gasteiger partial charge in [-0.2, -0.15) is 0 Å². The summed E-state index contributed by atoms with van der Waals surface area (Å²) in [4.78, 5) is 13.7. The van der Waals surface area contributed by atoms with E-state index in [0.29, 0.717) is 29.6 Å². The van der Waals surface area contributed by atoms with E-state index in [-0.39, 0.29) is 5.78 Å². The molecule has 1 aliphatic rings. The van der Waals surface area contributed by atoms with Crippen LogP contribution in [0.4, 0.5) is 0 Å². The number of likely N-dealkylation sites (tertiary alicyclic amines) is 1. The number of carbonyl (C=O) groups is 1. The first-order valence-corrected chi connectivity index (χ1v) is 7.10. The predicted molar refractivity (Wildman–Crippen MR) is 78.7 cm³/mol. The lowest BCUT2D eigenvalue weighted by Gasteiger charge is -2.29. The molecule has 1 aromatic rings. The molecule has 0 amide bonds. The lowest BCUT2D eigenvalue weighted by Crippen LogP contribution is -2.34. The van der Waals surface area contributed by atoms with E-state index in [2.05, 4.69) is 11.9 Å². The van der Waals surface area contributed by atoms with Crippen LogP contribution in [0.3, 0.4) is 0 Å². The molecule has 0 radical (unpaired) electrons. The maximum absolute atomic E-state index is 11.4. The largest absolute Gasteiger partial charge is 0.493 e. The van der Waals surface area contributed by atoms with E-state index in [9.17, 15) is 4.79 Å². The Hall–Kier alpha value is -1.55. The standard InChI is InChI=1S/C16H23NO3/c1-12(18)14-6-7-15(16(9-14)19-3)20-11-13-5-4-8-17(2)10-13/h6-7,9,13H,4-5,8,10-11H2,1-3H3. The summed E-state index contributed by atoms with van der Waals surface area (Å²) in [5.41, 5.74) is 0.645. The maximum atomic E-state index is 11.4. The van der Waals surface area contributed by atoms with Crippen molar-refractivity contribution >= 4 is 5.78 Å². The summed E-state index contributed by atoms with van der Waals surface area (Å²) < 4.78 is 11.2. The van der Waals surface area contributed by atoms with E-state index in [1.54, 1.807) is 26.2 Å². The molecule has 1 atom stereocenters. The molecule has 1 aliphatic heterocycles. The monoisotopic (exact) mass is 277 g/mol. The molecular weight excluding hydrogens is 254 g/mol. The zero-order valence-corrected chi connectivity index (χ0v) is 12.5. The number of benzene rings is 1. The molecule has 1 saturated heterocycles. The highest BCUT2D eigenvalue weighted by molar-refractivity contribution is 5.94. The van der Waals surface area contributed by atoms with Gasteiger partial charge in [-0.15, -0.1) is 0 Å². The second kappa shape index (κ2) is 6.75. The molecular formula is C16H23NO3. The number of ketones is 1. The Morgan fingerprint density at radius 2 is 2.20 bits per heavy atom. The van der Waals surface area contributed by atoms with Crippen LogP contribution in [0, 0.1) is 5.92 Å². The SMILES string of the molecule is COc1cc(C(C)=O)ccc1OCC1CCCN(C)C1. The molecule has 110 valence electrons. The fourth-order valence-electron chi connectivity index (χ4n) is 2.62. The van der Waals surface area contributed by atoms with Crippen LogP contribution >= 0.6 is 0 Å². The molecule has 0 bridgehead atoms. The highest BCUT2D eigenvalue weighted by atomic mass is 16.5. The van der Waals surface area contributed by atoms with Gasteiger partial charge in [0.15, 0.2) is 17.3 Å². The number of Topliss-reactive ketones (excluding diaryl/α,β-unsaturated/α-hetero) is 1. The topological polar surface area (TPSA) is 38.8 Å². The highest BCUT2D eigenvalue weighted by Crippen LogP contribution is 2.29. The molecule has 0 aromatic heterocycles. The van der Waals surface area contributed by atoms with Crippen LogP contribution in [0.5, 0.6) is 11.5 Å². The molecule has 1 fully saturated rings. The van der Waals surface area contributed by atoms with E-state index in [0.717, 1.165) is 6.54 Å². The van der Waals surface area contributed by atoms with Gasteiger partial charge in [-0.25, -0.2) is 0 Å². The molecule has 1 unspecified atom stereocenters. The number of methoxy groups -OCH3 is 1. The average Bonchev–Trinajstić information content (AvgIpc) is 2.45. The smallest absolute Gasteiger partial charge is 0.161 e. The Labute approximate surface area is 120 Å². The van der Waals surface area contributed by atoms with Crippen molar-refractivity contribution in [1.82, 2.24) is 4.90 Å². The number of carbonyl (C=O) groups excluding carboxylic acids is 1. The van der Waals surface area contributed by atoms with E-state index >= 15 is 0 Å². The van der Waals surface area contributed by atoms with Crippen LogP contribution in [-0.4, -0.2) is 44.5 Å². The first-order valence-electron chi connectivity index (χ1n) is 7.10. The van der Waals surface area contributed by atoms with Gasteiger partial charge in [0.25, 0.3) is 0 Å². The van der Waals surface area contributed by atoms with Crippen molar-refractivity contribution in [3.05, 3.63) is 23.8 Å². The third-order valence-corrected chi connectivity index (χ3v) is 3.77. The summed E-state index contributed by atoms with van der Waals surface area (Å²) >= 11 is 0. The number of hydrogen-bond donors (Lipinski definition) is 0. The summed E-state index contributed by atoms with van der Waals surface area (Å²) in [6.45, 7) is 4.49. The van der Waals surface area contributed by atoms with E-state index in [4.69, 9.17) is 9.47 Å². The molecule has 0 saturated carbocycles. The minimum absolute atomic E-state index is 0.0313. The molecule has 4 heteroatoms. The second-order valence-corrected chi connectivity index (χ2v) is 5.50. The molecule has 1 heterocycles. The zero-order valence-electron chi connectivity index (χ0n) is 12.5. The molecule has 2 rings (SSSR count). The second-order valence-electron chi connectivity index (χ2n) is 5.50. The fraction of sp³-hybridized carbons (Fsp3) is 0.562. The Bertz CT molecular complexity index is 473. The van der Waals surface area contributed by atoms with Gasteiger partial charge in [-0.05, 0) is 51.6 Å². The van der Waals surface area contributed by atoms with Crippen molar-refractivity contribution in [2.75, 3.05) is 33.9 Å². The summed E-state index contributed by atoms with van der Waals surface area (Å²) in [6.07, 6.45) is 2.43. The van der Waals surface area contributed by atoms with Gasteiger partial charge >= 0.3 is 0 Å². The van der Waals surface area contributed by atoms with Crippen LogP contribution in [0.15, 0.2) is 18.2 Å². The zero-order chi connectivity index (χ0) is 14.5. The minimum atomic E-state index is 0.0313. The molecule has 1 aromatic carbocycles. The van der Waals surface area contributed by atoms with Crippen LogP contribution in [0.2, 0.25) is 0 Å². The number of rotatable bonds is 5. The average molecular weight is 277 g/mol. The number of hydrogen-bond acceptors (Lipinski definition) is 4. The summed E-state index contributed by atoms with van der Waals surface area (Å²) in [6, 6.07) is 5.35. The van der Waals surface area contributed by atoms with Gasteiger partial charge in [0.05, 0.1) is 13.7 Å². The highest BCUT2D eigenvalue weighted by Gasteiger charge is 2.18. The maximum Gasteiger partial charge on any atom is 0.161 e. The lowest BCUT2D eigenvalue weighted by molar-refractivity contribution is 0.101. The number of nitrogens with zero attached hydrogens (tertiary/aromatic N) is 1. The van der Waals surface area contributed by atoms with Crippen molar-refractivity contribution in [1.29, 1.82) is 0 Å². The molecule has 0 N–H and O–H groups in total. The van der Waals surface area contributed by atoms with Crippen molar-refractivity contribution in [3.63, 3.8) is 0 Å². The Morgan fingerprint density at radius 3 is 2.85 bits per heavy atom. The van der Waals surface area contributed by atoms with Gasteiger partial charge < -0.3 is 14.4 Å². The molecule has 20 heavy (non-hydrogen) atoms. The van der Waals surface area contributed by atoms with Gasteiger partial charge in [0.2, 0.25) is 0 Å². The third kappa shape index (κ3) is 3.73. The van der Waals surface area contributed by atoms with Gasteiger partial charge in [-0.1, -0.05) is 0 Å². The lowest BCUT2D eigenvalue weighted by atomic mass is 9.99.